The minimum atomic E-state index is -0.138. The van der Waals surface area contributed by atoms with Gasteiger partial charge in [-0.25, -0.2) is 0 Å². The Bertz CT molecular complexity index is 410. The molecule has 0 spiro atoms. The Morgan fingerprint density at radius 1 is 1.47 bits per heavy atom. The number of carbonyl (C=O) groups excluding carboxylic acids is 1. The molecular weight excluding hydrogens is 216 g/mol. The van der Waals surface area contributed by atoms with Crippen molar-refractivity contribution in [2.75, 3.05) is 18.5 Å². The number of rotatable bonds is 5. The van der Waals surface area contributed by atoms with Crippen LogP contribution in [0.15, 0.2) is 35.9 Å². The van der Waals surface area contributed by atoms with Crippen LogP contribution in [0.4, 0.5) is 5.69 Å². The summed E-state index contributed by atoms with van der Waals surface area (Å²) in [5, 5.41) is 2.76. The van der Waals surface area contributed by atoms with Crippen LogP contribution in [-0.2, 0) is 4.79 Å². The fourth-order valence-corrected chi connectivity index (χ4v) is 1.28. The molecule has 0 saturated carbocycles. The second-order valence-electron chi connectivity index (χ2n) is 3.88. The Morgan fingerprint density at radius 3 is 2.88 bits per heavy atom. The van der Waals surface area contributed by atoms with Crippen molar-refractivity contribution in [3.05, 3.63) is 35.9 Å². The third-order valence-corrected chi connectivity index (χ3v) is 1.91. The molecule has 0 aliphatic rings. The zero-order valence-corrected chi connectivity index (χ0v) is 10.2. The normalized spacial score (nSPS) is 9.59. The first-order valence-electron chi connectivity index (χ1n) is 5.50. The number of allylic oxidation sites excluding steroid dienone is 1. The van der Waals surface area contributed by atoms with Gasteiger partial charge in [-0.3, -0.25) is 4.79 Å². The fraction of sp³-hybridized carbons (Fsp3) is 0.308. The molecule has 0 atom stereocenters. The van der Waals surface area contributed by atoms with E-state index in [1.807, 2.05) is 32.0 Å². The number of hydrogen-bond donors (Lipinski definition) is 2. The largest absolute Gasteiger partial charge is 0.492 e. The molecule has 1 amide bonds. The maximum Gasteiger partial charge on any atom is 0.248 e. The van der Waals surface area contributed by atoms with E-state index in [1.165, 1.54) is 0 Å². The summed E-state index contributed by atoms with van der Waals surface area (Å²) in [6, 6.07) is 7.23. The van der Waals surface area contributed by atoms with E-state index in [2.05, 4.69) is 5.32 Å². The predicted molar refractivity (Wildman–Crippen MR) is 69.1 cm³/mol. The molecular formula is C13H18N2O2. The quantitative estimate of drug-likeness (QED) is 0.765. The highest BCUT2D eigenvalue weighted by Gasteiger charge is 2.00. The lowest BCUT2D eigenvalue weighted by molar-refractivity contribution is -0.111. The molecule has 0 radical (unpaired) electrons. The first-order chi connectivity index (χ1) is 8.11. The Balaban J connectivity index is 2.65. The van der Waals surface area contributed by atoms with Crippen LogP contribution in [0.1, 0.15) is 13.8 Å². The van der Waals surface area contributed by atoms with E-state index in [9.17, 15) is 4.79 Å². The average Bonchev–Trinajstić information content (AvgIpc) is 2.25. The van der Waals surface area contributed by atoms with Gasteiger partial charge < -0.3 is 15.8 Å². The molecule has 0 aliphatic heterocycles. The van der Waals surface area contributed by atoms with Crippen molar-refractivity contribution in [1.29, 1.82) is 0 Å². The summed E-state index contributed by atoms with van der Waals surface area (Å²) in [7, 11) is 0. The van der Waals surface area contributed by atoms with Gasteiger partial charge in [-0.2, -0.15) is 0 Å². The van der Waals surface area contributed by atoms with Crippen LogP contribution in [0.25, 0.3) is 0 Å². The fourth-order valence-electron chi connectivity index (χ4n) is 1.28. The van der Waals surface area contributed by atoms with Crippen LogP contribution in [-0.4, -0.2) is 19.1 Å². The molecule has 92 valence electrons. The molecule has 1 rings (SSSR count). The molecule has 0 aliphatic carbocycles. The standard InChI is InChI=1S/C13H18N2O2/c1-10(2)8-13(16)15-11-4-3-5-12(9-11)17-7-6-14/h3-5,8-9H,6-7,14H2,1-2H3,(H,15,16). The number of benzene rings is 1. The highest BCUT2D eigenvalue weighted by atomic mass is 16.5. The van der Waals surface area contributed by atoms with Crippen LogP contribution in [0.3, 0.4) is 0 Å². The topological polar surface area (TPSA) is 64.3 Å². The Kier molecular flexibility index (Phi) is 5.23. The maximum atomic E-state index is 11.5. The summed E-state index contributed by atoms with van der Waals surface area (Å²) in [6.07, 6.45) is 1.55. The predicted octanol–water partition coefficient (Wildman–Crippen LogP) is 1.93. The van der Waals surface area contributed by atoms with E-state index < -0.39 is 0 Å². The molecule has 1 aromatic carbocycles. The molecule has 0 aromatic heterocycles. The van der Waals surface area contributed by atoms with Gasteiger partial charge in [0.15, 0.2) is 0 Å². The van der Waals surface area contributed by atoms with Gasteiger partial charge in [0.05, 0.1) is 0 Å². The molecule has 0 heterocycles. The van der Waals surface area contributed by atoms with Crippen LogP contribution in [0.5, 0.6) is 5.75 Å². The summed E-state index contributed by atoms with van der Waals surface area (Å²) in [4.78, 5) is 11.5. The van der Waals surface area contributed by atoms with Crippen molar-refractivity contribution < 1.29 is 9.53 Å². The van der Waals surface area contributed by atoms with Crippen LogP contribution in [0.2, 0.25) is 0 Å². The summed E-state index contributed by atoms with van der Waals surface area (Å²) >= 11 is 0. The van der Waals surface area contributed by atoms with Crippen LogP contribution < -0.4 is 15.8 Å². The molecule has 0 unspecified atom stereocenters. The minimum absolute atomic E-state index is 0.138. The zero-order valence-electron chi connectivity index (χ0n) is 10.2. The van der Waals surface area contributed by atoms with E-state index in [1.54, 1.807) is 12.1 Å². The number of nitrogens with one attached hydrogen (secondary N) is 1. The maximum absolute atomic E-state index is 11.5. The van der Waals surface area contributed by atoms with E-state index in [0.29, 0.717) is 24.6 Å². The monoisotopic (exact) mass is 234 g/mol. The van der Waals surface area contributed by atoms with Crippen LogP contribution >= 0.6 is 0 Å². The van der Waals surface area contributed by atoms with Crippen molar-refractivity contribution in [2.24, 2.45) is 5.73 Å². The van der Waals surface area contributed by atoms with E-state index in [0.717, 1.165) is 5.57 Å². The van der Waals surface area contributed by atoms with E-state index in [4.69, 9.17) is 10.5 Å². The van der Waals surface area contributed by atoms with Crippen molar-refractivity contribution in [3.63, 3.8) is 0 Å². The molecule has 0 saturated heterocycles. The molecule has 4 nitrogen and oxygen atoms in total. The molecule has 0 bridgehead atoms. The van der Waals surface area contributed by atoms with Gasteiger partial charge in [0, 0.05) is 24.4 Å². The van der Waals surface area contributed by atoms with Crippen molar-refractivity contribution >= 4 is 11.6 Å². The molecule has 0 fully saturated rings. The molecule has 1 aromatic rings. The number of carbonyl (C=O) groups is 1. The first-order valence-corrected chi connectivity index (χ1v) is 5.50. The van der Waals surface area contributed by atoms with Gasteiger partial charge in [-0.05, 0) is 26.0 Å². The average molecular weight is 234 g/mol. The lowest BCUT2D eigenvalue weighted by Gasteiger charge is -2.07. The number of nitrogens with two attached hydrogens (primary N) is 1. The second-order valence-corrected chi connectivity index (χ2v) is 3.88. The highest BCUT2D eigenvalue weighted by molar-refractivity contribution is 5.99. The Labute approximate surface area is 101 Å². The first kappa shape index (κ1) is 13.3. The second kappa shape index (κ2) is 6.70. The highest BCUT2D eigenvalue weighted by Crippen LogP contribution is 2.17. The summed E-state index contributed by atoms with van der Waals surface area (Å²) in [5.74, 6) is 0.562. The van der Waals surface area contributed by atoms with Gasteiger partial charge >= 0.3 is 0 Å². The van der Waals surface area contributed by atoms with Crippen LogP contribution in [0, 0.1) is 0 Å². The summed E-state index contributed by atoms with van der Waals surface area (Å²) < 4.78 is 5.37. The minimum Gasteiger partial charge on any atom is -0.492 e. The Hall–Kier alpha value is -1.81. The summed E-state index contributed by atoms with van der Waals surface area (Å²) in [5.41, 5.74) is 7.01. The lowest BCUT2D eigenvalue weighted by atomic mass is 10.2. The number of anilines is 1. The van der Waals surface area contributed by atoms with Gasteiger partial charge in [0.1, 0.15) is 12.4 Å². The number of hydrogen-bond acceptors (Lipinski definition) is 3. The van der Waals surface area contributed by atoms with Crippen molar-refractivity contribution in [1.82, 2.24) is 0 Å². The third-order valence-electron chi connectivity index (χ3n) is 1.91. The number of ether oxygens (including phenoxy) is 1. The zero-order chi connectivity index (χ0) is 12.7. The van der Waals surface area contributed by atoms with E-state index >= 15 is 0 Å². The van der Waals surface area contributed by atoms with Crippen molar-refractivity contribution in [2.45, 2.75) is 13.8 Å². The van der Waals surface area contributed by atoms with E-state index in [-0.39, 0.29) is 5.91 Å². The summed E-state index contributed by atoms with van der Waals surface area (Å²) in [6.45, 7) is 4.68. The van der Waals surface area contributed by atoms with Gasteiger partial charge in [-0.15, -0.1) is 0 Å². The van der Waals surface area contributed by atoms with Crippen molar-refractivity contribution in [3.8, 4) is 5.75 Å². The molecule has 17 heavy (non-hydrogen) atoms. The van der Waals surface area contributed by atoms with Gasteiger partial charge in [0.2, 0.25) is 5.91 Å². The molecule has 4 heteroatoms. The third kappa shape index (κ3) is 5.17. The smallest absolute Gasteiger partial charge is 0.248 e. The van der Waals surface area contributed by atoms with Gasteiger partial charge in [0.25, 0.3) is 0 Å². The number of amides is 1. The molecule has 3 N–H and O–H groups in total. The van der Waals surface area contributed by atoms with Gasteiger partial charge in [-0.1, -0.05) is 11.6 Å². The lowest BCUT2D eigenvalue weighted by Crippen LogP contribution is -2.11. The Morgan fingerprint density at radius 2 is 2.24 bits per heavy atom. The SMILES string of the molecule is CC(C)=CC(=O)Nc1cccc(OCCN)c1.